The molecule has 1 aromatic rings. The third kappa shape index (κ3) is 5.22. The van der Waals surface area contributed by atoms with E-state index in [2.05, 4.69) is 10.1 Å². The second-order valence-electron chi connectivity index (χ2n) is 7.28. The lowest BCUT2D eigenvalue weighted by atomic mass is 9.97. The molecule has 0 radical (unpaired) electrons. The number of carbonyl (C=O) groups excluding carboxylic acids is 1. The first-order valence-electron chi connectivity index (χ1n) is 9.00. The highest BCUT2D eigenvalue weighted by Gasteiger charge is 2.64. The highest BCUT2D eigenvalue weighted by molar-refractivity contribution is 7.36. The molecule has 2 heterocycles. The number of alkyl halides is 2. The summed E-state index contributed by atoms with van der Waals surface area (Å²) in [6.07, 6.45) is -3.64. The van der Waals surface area contributed by atoms with Crippen LogP contribution in [-0.2, 0) is 23.4 Å². The molecule has 1 aliphatic rings. The second-order valence-corrected chi connectivity index (χ2v) is 8.43. The Hall–Kier alpha value is -1.92. The zero-order valence-electron chi connectivity index (χ0n) is 16.8. The molecule has 6 atom stereocenters. The van der Waals surface area contributed by atoms with Crippen LogP contribution in [0, 0.1) is 0 Å². The summed E-state index contributed by atoms with van der Waals surface area (Å²) in [5.74, 6) is -3.98. The average molecular weight is 454 g/mol. The molecule has 1 unspecified atom stereocenters. The number of aliphatic hydroxyl groups is 1. The number of aliphatic hydroxyl groups excluding tert-OH is 1. The van der Waals surface area contributed by atoms with Crippen molar-refractivity contribution in [3.05, 3.63) is 22.7 Å². The molecule has 1 aromatic heterocycles. The van der Waals surface area contributed by atoms with E-state index in [1.807, 2.05) is 0 Å². The summed E-state index contributed by atoms with van der Waals surface area (Å²) in [5, 5.41) is 12.4. The van der Waals surface area contributed by atoms with Crippen LogP contribution in [0.5, 0.6) is 0 Å². The summed E-state index contributed by atoms with van der Waals surface area (Å²) in [6, 6.07) is 0.143. The third-order valence-corrected chi connectivity index (χ3v) is 5.35. The van der Waals surface area contributed by atoms with Crippen LogP contribution in [0.4, 0.5) is 14.6 Å². The quantitative estimate of drug-likeness (QED) is 0.372. The molecule has 1 aliphatic heterocycles. The van der Waals surface area contributed by atoms with Gasteiger partial charge in [0.15, 0.2) is 18.0 Å². The number of anilines is 1. The fraction of sp³-hybridized carbons (Fsp3) is 0.688. The molecule has 0 amide bonds. The Bertz CT molecular complexity index is 868. The third-order valence-electron chi connectivity index (χ3n) is 4.28. The number of hydrogen-bond acceptors (Lipinski definition) is 9. The van der Waals surface area contributed by atoms with Crippen molar-refractivity contribution in [2.45, 2.75) is 63.7 Å². The number of carbonyl (C=O) groups is 1. The number of nitrogens with zero attached hydrogens (tertiary/aromatic N) is 2. The lowest BCUT2D eigenvalue weighted by molar-refractivity contribution is -0.202. The predicted octanol–water partition coefficient (Wildman–Crippen LogP) is 0.445. The maximum Gasteiger partial charge on any atom is 0.351 e. The van der Waals surface area contributed by atoms with Gasteiger partial charge in [0.05, 0.1) is 6.10 Å². The Morgan fingerprint density at radius 2 is 2.13 bits per heavy atom. The number of nitrogen functional groups attached to an aromatic ring is 1. The van der Waals surface area contributed by atoms with Crippen molar-refractivity contribution in [2.24, 2.45) is 0 Å². The Morgan fingerprint density at radius 3 is 2.70 bits per heavy atom. The van der Waals surface area contributed by atoms with E-state index in [1.165, 1.54) is 13.0 Å². The van der Waals surface area contributed by atoms with Gasteiger partial charge in [0.2, 0.25) is 0 Å². The molecule has 14 heteroatoms. The van der Waals surface area contributed by atoms with Crippen molar-refractivity contribution in [1.29, 1.82) is 0 Å². The molecule has 0 aliphatic carbocycles. The van der Waals surface area contributed by atoms with E-state index in [0.717, 1.165) is 13.1 Å². The smallest absolute Gasteiger partial charge is 0.351 e. The number of aromatic nitrogens is 2. The van der Waals surface area contributed by atoms with Crippen LogP contribution in [0.2, 0.25) is 0 Å². The summed E-state index contributed by atoms with van der Waals surface area (Å²) in [4.78, 5) is 27.1. The van der Waals surface area contributed by atoms with Gasteiger partial charge in [-0.25, -0.2) is 18.7 Å². The van der Waals surface area contributed by atoms with Gasteiger partial charge in [-0.1, -0.05) is 0 Å². The van der Waals surface area contributed by atoms with Gasteiger partial charge in [-0.15, -0.1) is 0 Å². The topological polar surface area (TPSA) is 155 Å². The minimum absolute atomic E-state index is 0.139. The van der Waals surface area contributed by atoms with Gasteiger partial charge in [0.25, 0.3) is 14.0 Å². The maximum absolute atomic E-state index is 15.1. The number of rotatable bonds is 8. The molecule has 0 bridgehead atoms. The van der Waals surface area contributed by atoms with E-state index in [4.69, 9.17) is 19.7 Å². The molecule has 2 rings (SSSR count). The molecule has 0 saturated carbocycles. The molecular weight excluding hydrogens is 429 g/mol. The van der Waals surface area contributed by atoms with E-state index in [-0.39, 0.29) is 5.82 Å². The Kier molecular flexibility index (Phi) is 7.36. The van der Waals surface area contributed by atoms with Crippen LogP contribution >= 0.6 is 8.18 Å². The number of nitrogens with one attached hydrogen (secondary N) is 1. The van der Waals surface area contributed by atoms with Gasteiger partial charge < -0.3 is 24.8 Å². The van der Waals surface area contributed by atoms with Crippen molar-refractivity contribution in [3.8, 4) is 0 Å². The van der Waals surface area contributed by atoms with Gasteiger partial charge in [-0.3, -0.25) is 13.9 Å². The van der Waals surface area contributed by atoms with Crippen molar-refractivity contribution >= 4 is 20.0 Å². The van der Waals surface area contributed by atoms with Gasteiger partial charge in [0, 0.05) is 6.20 Å². The monoisotopic (exact) mass is 454 g/mol. The Labute approximate surface area is 171 Å². The van der Waals surface area contributed by atoms with E-state index >= 15 is 8.78 Å². The Morgan fingerprint density at radius 1 is 1.50 bits per heavy atom. The summed E-state index contributed by atoms with van der Waals surface area (Å²) >= 11 is 0. The van der Waals surface area contributed by atoms with Gasteiger partial charge in [-0.05, 0) is 33.8 Å². The summed E-state index contributed by atoms with van der Waals surface area (Å²) in [5.41, 5.74) is 1.58. The molecule has 11 nitrogen and oxygen atoms in total. The van der Waals surface area contributed by atoms with Crippen LogP contribution in [0.25, 0.3) is 0 Å². The SMILES string of the molecule is CC(C)OC(=O)[C@H](C)N[PH](=O)OC[C@@]1(F)O[C@@H](n2ccc(N)nc2=O)[C@](C)(F)[C@@H]1O. The van der Waals surface area contributed by atoms with Gasteiger partial charge >= 0.3 is 11.7 Å². The average Bonchev–Trinajstić information content (AvgIpc) is 2.80. The van der Waals surface area contributed by atoms with Gasteiger partial charge in [0.1, 0.15) is 18.5 Å². The van der Waals surface area contributed by atoms with E-state index in [1.54, 1.807) is 13.8 Å². The van der Waals surface area contributed by atoms with E-state index < -0.39 is 62.4 Å². The minimum Gasteiger partial charge on any atom is -0.462 e. The number of nitrogens with two attached hydrogens (primary N) is 1. The molecule has 4 N–H and O–H groups in total. The number of esters is 1. The molecule has 0 aromatic carbocycles. The van der Waals surface area contributed by atoms with E-state index in [9.17, 15) is 19.3 Å². The maximum atomic E-state index is 15.1. The highest BCUT2D eigenvalue weighted by Crippen LogP contribution is 2.47. The van der Waals surface area contributed by atoms with Crippen molar-refractivity contribution < 1.29 is 37.2 Å². The Balaban J connectivity index is 2.08. The fourth-order valence-electron chi connectivity index (χ4n) is 2.74. The normalized spacial score (nSPS) is 30.9. The minimum atomic E-state index is -3.20. The van der Waals surface area contributed by atoms with Crippen LogP contribution in [0.15, 0.2) is 17.1 Å². The number of hydrogen-bond donors (Lipinski definition) is 3. The number of halogens is 2. The summed E-state index contributed by atoms with van der Waals surface area (Å²) < 4.78 is 57.6. The molecule has 0 spiro atoms. The first-order valence-corrected chi connectivity index (χ1v) is 10.3. The van der Waals surface area contributed by atoms with Crippen molar-refractivity contribution in [1.82, 2.24) is 14.6 Å². The first-order chi connectivity index (χ1) is 13.8. The van der Waals surface area contributed by atoms with Crippen molar-refractivity contribution in [3.63, 3.8) is 0 Å². The standard InChI is InChI=1S/C16H25F2N4O7P/c1-8(2)28-11(23)9(3)21-30(26)27-7-16(18)12(24)15(4,17)13(29-16)22-6-5-10(19)20-14(22)25/h5-6,8-9,12-13,24,30H,7H2,1-4H3,(H,21,26)(H2,19,20,25)/t9-,12-,13+,15+,16+/m0/s1. The lowest BCUT2D eigenvalue weighted by Gasteiger charge is -2.25. The molecule has 30 heavy (non-hydrogen) atoms. The largest absolute Gasteiger partial charge is 0.462 e. The molecule has 1 fully saturated rings. The lowest BCUT2D eigenvalue weighted by Crippen LogP contribution is -2.47. The zero-order chi connectivity index (χ0) is 22.9. The zero-order valence-corrected chi connectivity index (χ0v) is 17.8. The summed E-state index contributed by atoms with van der Waals surface area (Å²) in [6.45, 7) is 4.30. The van der Waals surface area contributed by atoms with Crippen LogP contribution < -0.4 is 16.5 Å². The molecular formula is C16H25F2N4O7P. The molecule has 1 saturated heterocycles. The van der Waals surface area contributed by atoms with Gasteiger partial charge in [-0.2, -0.15) is 4.98 Å². The van der Waals surface area contributed by atoms with Crippen molar-refractivity contribution in [2.75, 3.05) is 12.3 Å². The molecule has 170 valence electrons. The number of ether oxygens (including phenoxy) is 2. The summed E-state index contributed by atoms with van der Waals surface area (Å²) in [7, 11) is -3.20. The van der Waals surface area contributed by atoms with Crippen LogP contribution in [0.3, 0.4) is 0 Å². The fourth-order valence-corrected chi connectivity index (χ4v) is 3.63. The van der Waals surface area contributed by atoms with Crippen LogP contribution in [-0.4, -0.2) is 57.0 Å². The highest BCUT2D eigenvalue weighted by atomic mass is 31.1. The second kappa shape index (κ2) is 9.06. The van der Waals surface area contributed by atoms with E-state index in [0.29, 0.717) is 4.57 Å². The van der Waals surface area contributed by atoms with Crippen LogP contribution in [0.1, 0.15) is 33.9 Å². The first kappa shape index (κ1) is 24.4. The predicted molar refractivity (Wildman–Crippen MR) is 101 cm³/mol.